The predicted octanol–water partition coefficient (Wildman–Crippen LogP) is 3.07. The number of hydrogen-bond acceptors (Lipinski definition) is 6. The van der Waals surface area contributed by atoms with Gasteiger partial charge in [-0.25, -0.2) is 9.97 Å². The van der Waals surface area contributed by atoms with Gasteiger partial charge in [0.25, 0.3) is 0 Å². The second-order valence-corrected chi connectivity index (χ2v) is 7.43. The Morgan fingerprint density at radius 1 is 1.22 bits per heavy atom. The van der Waals surface area contributed by atoms with Crippen molar-refractivity contribution in [1.82, 2.24) is 14.5 Å². The van der Waals surface area contributed by atoms with E-state index in [0.29, 0.717) is 45.7 Å². The third-order valence-corrected chi connectivity index (χ3v) is 5.30. The molecule has 0 unspecified atom stereocenters. The molecule has 32 heavy (non-hydrogen) atoms. The number of nitriles is 1. The predicted molar refractivity (Wildman–Crippen MR) is 123 cm³/mol. The Bertz CT molecular complexity index is 1330. The Labute approximate surface area is 185 Å². The number of aliphatic hydroxyl groups excluding tert-OH is 1. The number of benzene rings is 1. The first-order valence-electron chi connectivity index (χ1n) is 10.1. The molecule has 0 aliphatic carbocycles. The fourth-order valence-electron chi connectivity index (χ4n) is 3.74. The van der Waals surface area contributed by atoms with Crippen LogP contribution in [0.5, 0.6) is 0 Å². The largest absolute Gasteiger partial charge is 0.619 e. The first-order chi connectivity index (χ1) is 15.5. The van der Waals surface area contributed by atoms with Crippen molar-refractivity contribution in [1.29, 1.82) is 5.26 Å². The van der Waals surface area contributed by atoms with Crippen LogP contribution in [0.4, 0.5) is 5.82 Å². The highest BCUT2D eigenvalue weighted by molar-refractivity contribution is 6.06. The Kier molecular flexibility index (Phi) is 5.83. The van der Waals surface area contributed by atoms with Crippen molar-refractivity contribution in [3.8, 4) is 17.2 Å². The summed E-state index contributed by atoms with van der Waals surface area (Å²) >= 11 is 0. The fraction of sp³-hybridized carbons (Fsp3) is 0.167. The minimum absolute atomic E-state index is 0.0105. The van der Waals surface area contributed by atoms with Crippen LogP contribution in [0, 0.1) is 23.5 Å². The topological polar surface area (TPSA) is 128 Å². The average molecular weight is 426 g/mol. The number of hydrogen-bond donors (Lipinski definition) is 2. The highest BCUT2D eigenvalue weighted by Gasteiger charge is 2.21. The van der Waals surface area contributed by atoms with Crippen molar-refractivity contribution in [3.05, 3.63) is 77.1 Å². The van der Waals surface area contributed by atoms with E-state index in [-0.39, 0.29) is 6.61 Å². The maximum absolute atomic E-state index is 11.4. The molecule has 0 amide bonds. The van der Waals surface area contributed by atoms with Gasteiger partial charge in [-0.2, -0.15) is 9.99 Å². The smallest absolute Gasteiger partial charge is 0.180 e. The summed E-state index contributed by atoms with van der Waals surface area (Å²) in [6.07, 6.45) is 6.40. The molecular formula is C24H22N6O2. The minimum Gasteiger partial charge on any atom is -0.619 e. The van der Waals surface area contributed by atoms with Crippen LogP contribution in [0.1, 0.15) is 23.2 Å². The van der Waals surface area contributed by atoms with Gasteiger partial charge < -0.3 is 20.6 Å². The van der Waals surface area contributed by atoms with Gasteiger partial charge in [0, 0.05) is 36.4 Å². The van der Waals surface area contributed by atoms with E-state index in [1.54, 1.807) is 18.2 Å². The Balaban J connectivity index is 2.06. The van der Waals surface area contributed by atoms with Crippen molar-refractivity contribution in [2.24, 2.45) is 0 Å². The quantitative estimate of drug-likeness (QED) is 0.277. The van der Waals surface area contributed by atoms with E-state index < -0.39 is 0 Å². The molecule has 0 atom stereocenters. The van der Waals surface area contributed by atoms with E-state index in [1.807, 2.05) is 35.8 Å². The lowest BCUT2D eigenvalue weighted by Crippen LogP contribution is -2.23. The first-order valence-corrected chi connectivity index (χ1v) is 10.1. The van der Waals surface area contributed by atoms with Crippen LogP contribution >= 0.6 is 0 Å². The monoisotopic (exact) mass is 426 g/mol. The normalized spacial score (nSPS) is 11.6. The van der Waals surface area contributed by atoms with Crippen molar-refractivity contribution < 1.29 is 9.84 Å². The number of allylic oxidation sites excluding steroid dienone is 1. The van der Waals surface area contributed by atoms with E-state index >= 15 is 0 Å². The molecule has 0 spiro atoms. The van der Waals surface area contributed by atoms with Gasteiger partial charge in [0.2, 0.25) is 0 Å². The summed E-state index contributed by atoms with van der Waals surface area (Å²) in [6, 6.07) is 13.5. The highest BCUT2D eigenvalue weighted by Crippen LogP contribution is 2.38. The zero-order valence-corrected chi connectivity index (χ0v) is 17.6. The lowest BCUT2D eigenvalue weighted by molar-refractivity contribution is -0.605. The van der Waals surface area contributed by atoms with Gasteiger partial charge in [-0.3, -0.25) is 0 Å². The Hall–Kier alpha value is -4.22. The molecule has 4 aromatic rings. The number of fused-ring (bicyclic) bond motifs is 1. The Morgan fingerprint density at radius 2 is 1.94 bits per heavy atom. The first kappa shape index (κ1) is 21.0. The summed E-state index contributed by atoms with van der Waals surface area (Å²) in [5.74, 6) is 0.341. The van der Waals surface area contributed by atoms with Crippen LogP contribution in [0.3, 0.4) is 0 Å². The number of aromatic nitrogens is 4. The maximum Gasteiger partial charge on any atom is 0.180 e. The molecule has 0 fully saturated rings. The summed E-state index contributed by atoms with van der Waals surface area (Å²) in [4.78, 5) is 8.66. The average Bonchev–Trinajstić information content (AvgIpc) is 3.11. The second kappa shape index (κ2) is 8.88. The molecule has 0 aliphatic heterocycles. The standard InChI is InChI=1S/C24H22N6O2/c1-16-3-5-18(6-4-16)21-20(13-19(14-25)17-7-10-29(32)11-8-17)30(9-2-12-31)24-22(21)23(26)27-15-28-24/h3-8,10-11,13,15,31H,2,9,12H2,1H3,(H2,26,27,28). The second-order valence-electron chi connectivity index (χ2n) is 7.43. The van der Waals surface area contributed by atoms with E-state index in [1.165, 1.54) is 18.7 Å². The number of nitrogen functional groups attached to an aromatic ring is 1. The molecule has 0 radical (unpaired) electrons. The number of aliphatic hydroxyl groups is 1. The van der Waals surface area contributed by atoms with Crippen LogP contribution in [0.25, 0.3) is 33.8 Å². The van der Waals surface area contributed by atoms with Crippen LogP contribution in [0.2, 0.25) is 0 Å². The fourth-order valence-corrected chi connectivity index (χ4v) is 3.74. The van der Waals surface area contributed by atoms with Crippen molar-refractivity contribution in [2.75, 3.05) is 12.3 Å². The van der Waals surface area contributed by atoms with Crippen LogP contribution in [-0.2, 0) is 6.54 Å². The number of anilines is 1. The van der Waals surface area contributed by atoms with Gasteiger partial charge in [-0.05, 0) is 25.0 Å². The van der Waals surface area contributed by atoms with Crippen LogP contribution < -0.4 is 10.5 Å². The van der Waals surface area contributed by atoms with Gasteiger partial charge in [-0.1, -0.05) is 29.8 Å². The van der Waals surface area contributed by atoms with Gasteiger partial charge in [0.1, 0.15) is 17.8 Å². The third-order valence-electron chi connectivity index (χ3n) is 5.30. The molecule has 3 heterocycles. The summed E-state index contributed by atoms with van der Waals surface area (Å²) < 4.78 is 2.62. The molecule has 0 aliphatic rings. The summed E-state index contributed by atoms with van der Waals surface area (Å²) in [7, 11) is 0. The summed E-state index contributed by atoms with van der Waals surface area (Å²) in [5, 5.41) is 31.5. The van der Waals surface area contributed by atoms with Crippen molar-refractivity contribution in [2.45, 2.75) is 19.9 Å². The Morgan fingerprint density at radius 3 is 2.59 bits per heavy atom. The van der Waals surface area contributed by atoms with Crippen molar-refractivity contribution in [3.63, 3.8) is 0 Å². The number of aryl methyl sites for hydroxylation is 2. The molecule has 4 rings (SSSR count). The molecule has 0 saturated heterocycles. The summed E-state index contributed by atoms with van der Waals surface area (Å²) in [6.45, 7) is 2.50. The van der Waals surface area contributed by atoms with Gasteiger partial charge in [-0.15, -0.1) is 0 Å². The lowest BCUT2D eigenvalue weighted by atomic mass is 9.99. The number of rotatable bonds is 6. The van der Waals surface area contributed by atoms with Crippen LogP contribution in [-0.4, -0.2) is 26.2 Å². The number of nitrogens with two attached hydrogens (primary N) is 1. The van der Waals surface area contributed by atoms with Gasteiger partial charge in [0.05, 0.1) is 22.7 Å². The van der Waals surface area contributed by atoms with E-state index in [0.717, 1.165) is 22.4 Å². The van der Waals surface area contributed by atoms with Crippen molar-refractivity contribution >= 4 is 28.5 Å². The molecule has 0 bridgehead atoms. The molecule has 8 heteroatoms. The summed E-state index contributed by atoms with van der Waals surface area (Å²) in [5.41, 5.74) is 11.5. The van der Waals surface area contributed by atoms with E-state index in [4.69, 9.17) is 5.73 Å². The molecule has 3 N–H and O–H groups in total. The molecule has 3 aromatic heterocycles. The lowest BCUT2D eigenvalue weighted by Gasteiger charge is -2.10. The maximum atomic E-state index is 11.4. The van der Waals surface area contributed by atoms with E-state index in [9.17, 15) is 15.6 Å². The number of nitrogens with zero attached hydrogens (tertiary/aromatic N) is 5. The molecular weight excluding hydrogens is 404 g/mol. The van der Waals surface area contributed by atoms with Gasteiger partial charge in [0.15, 0.2) is 12.4 Å². The highest BCUT2D eigenvalue weighted by atomic mass is 16.5. The molecule has 160 valence electrons. The van der Waals surface area contributed by atoms with E-state index in [2.05, 4.69) is 16.0 Å². The molecule has 8 nitrogen and oxygen atoms in total. The van der Waals surface area contributed by atoms with Crippen LogP contribution in [0.15, 0.2) is 55.1 Å². The zero-order chi connectivity index (χ0) is 22.7. The number of pyridine rings is 1. The third kappa shape index (κ3) is 3.89. The molecule has 1 aromatic carbocycles. The van der Waals surface area contributed by atoms with Gasteiger partial charge >= 0.3 is 0 Å². The molecule has 0 saturated carbocycles. The zero-order valence-electron chi connectivity index (χ0n) is 17.6. The SMILES string of the molecule is Cc1ccc(-c2c(C=C(C#N)c3cc[n+]([O-])cc3)n(CCCO)c3ncnc(N)c23)cc1. The minimum atomic E-state index is 0.0105.